The monoisotopic (exact) mass is 367 g/mol. The zero-order valence-corrected chi connectivity index (χ0v) is 9.99. The molecule has 0 aliphatic carbocycles. The van der Waals surface area contributed by atoms with E-state index >= 15 is 0 Å². The zero-order valence-electron chi connectivity index (χ0n) is 5.49. The highest BCUT2D eigenvalue weighted by Crippen LogP contribution is 2.32. The summed E-state index contributed by atoms with van der Waals surface area (Å²) in [5, 5.41) is -0.0228. The van der Waals surface area contributed by atoms with Crippen molar-refractivity contribution in [3.63, 3.8) is 0 Å². The minimum atomic E-state index is -2.64. The van der Waals surface area contributed by atoms with Crippen LogP contribution < -0.4 is 0 Å². The predicted octanol–water partition coefficient (Wildman–Crippen LogP) is 4.04. The highest BCUT2D eigenvalue weighted by Gasteiger charge is 2.16. The van der Waals surface area contributed by atoms with Gasteiger partial charge in [-0.15, -0.1) is 0 Å². The molecule has 0 bridgehead atoms. The van der Waals surface area contributed by atoms with Crippen LogP contribution in [0.25, 0.3) is 0 Å². The third-order valence-corrected chi connectivity index (χ3v) is 2.92. The van der Waals surface area contributed by atoms with Crippen LogP contribution in [0.5, 0.6) is 0 Å². The van der Waals surface area contributed by atoms with E-state index in [0.29, 0.717) is 8.17 Å². The Hall–Kier alpha value is 0.510. The topological polar surface area (TPSA) is 12.9 Å². The Labute approximate surface area is 94.8 Å². The standard InChI is InChI=1S/C6H2BrClF2IN/c7-2-1-3(11)12-5(4(2)8)6(9)10/h1,6H. The lowest BCUT2D eigenvalue weighted by Gasteiger charge is -2.03. The number of hydrogen-bond donors (Lipinski definition) is 0. The van der Waals surface area contributed by atoms with Crippen molar-refractivity contribution in [3.05, 3.63) is 25.0 Å². The summed E-state index contributed by atoms with van der Waals surface area (Å²) in [7, 11) is 0. The second-order valence-electron chi connectivity index (χ2n) is 1.93. The number of hydrogen-bond acceptors (Lipinski definition) is 1. The third kappa shape index (κ3) is 2.26. The van der Waals surface area contributed by atoms with Gasteiger partial charge in [-0.05, 0) is 44.6 Å². The van der Waals surface area contributed by atoms with E-state index in [-0.39, 0.29) is 10.7 Å². The molecule has 0 amide bonds. The number of nitrogens with zero attached hydrogens (tertiary/aromatic N) is 1. The van der Waals surface area contributed by atoms with Gasteiger partial charge >= 0.3 is 0 Å². The molecule has 0 fully saturated rings. The van der Waals surface area contributed by atoms with Crippen LogP contribution >= 0.6 is 50.1 Å². The van der Waals surface area contributed by atoms with E-state index in [1.165, 1.54) is 0 Å². The number of rotatable bonds is 1. The van der Waals surface area contributed by atoms with Crippen molar-refractivity contribution in [3.8, 4) is 0 Å². The third-order valence-electron chi connectivity index (χ3n) is 1.11. The lowest BCUT2D eigenvalue weighted by molar-refractivity contribution is 0.146. The number of alkyl halides is 2. The van der Waals surface area contributed by atoms with Crippen LogP contribution in [0.1, 0.15) is 12.1 Å². The van der Waals surface area contributed by atoms with E-state index in [4.69, 9.17) is 11.6 Å². The molecule has 0 radical (unpaired) electrons. The molecule has 1 heterocycles. The van der Waals surface area contributed by atoms with E-state index in [0.717, 1.165) is 0 Å². The highest BCUT2D eigenvalue weighted by molar-refractivity contribution is 14.1. The Morgan fingerprint density at radius 1 is 1.58 bits per heavy atom. The molecule has 1 aromatic rings. The quantitative estimate of drug-likeness (QED) is 0.539. The maximum atomic E-state index is 12.2. The molecule has 6 heteroatoms. The van der Waals surface area contributed by atoms with Crippen LogP contribution in [0.2, 0.25) is 5.02 Å². The van der Waals surface area contributed by atoms with Gasteiger partial charge in [0.05, 0.1) is 5.02 Å². The molecule has 1 rings (SSSR count). The van der Waals surface area contributed by atoms with Crippen LogP contribution in [0.15, 0.2) is 10.5 Å². The molecule has 1 nitrogen and oxygen atoms in total. The molecule has 0 aliphatic heterocycles. The van der Waals surface area contributed by atoms with Crippen LogP contribution in [-0.2, 0) is 0 Å². The van der Waals surface area contributed by atoms with Gasteiger partial charge in [0.25, 0.3) is 6.43 Å². The van der Waals surface area contributed by atoms with Crippen LogP contribution in [0, 0.1) is 3.70 Å². The van der Waals surface area contributed by atoms with Gasteiger partial charge in [-0.25, -0.2) is 13.8 Å². The first-order valence-electron chi connectivity index (χ1n) is 2.82. The molecule has 0 aromatic carbocycles. The van der Waals surface area contributed by atoms with Crippen molar-refractivity contribution >= 4 is 50.1 Å². The highest BCUT2D eigenvalue weighted by atomic mass is 127. The van der Waals surface area contributed by atoms with E-state index in [1.807, 2.05) is 22.6 Å². The van der Waals surface area contributed by atoms with Gasteiger partial charge in [-0.3, -0.25) is 0 Å². The summed E-state index contributed by atoms with van der Waals surface area (Å²) >= 11 is 10.5. The number of pyridine rings is 1. The van der Waals surface area contributed by atoms with Gasteiger partial charge in [0.15, 0.2) is 0 Å². The maximum Gasteiger partial charge on any atom is 0.281 e. The summed E-state index contributed by atoms with van der Waals surface area (Å²) in [6, 6.07) is 1.58. The van der Waals surface area contributed by atoms with E-state index in [2.05, 4.69) is 20.9 Å². The smallest absolute Gasteiger partial charge is 0.239 e. The van der Waals surface area contributed by atoms with Crippen molar-refractivity contribution in [2.24, 2.45) is 0 Å². The van der Waals surface area contributed by atoms with Gasteiger partial charge in [0.1, 0.15) is 9.39 Å². The summed E-state index contributed by atoms with van der Waals surface area (Å²) in [5.74, 6) is 0. The average molecular weight is 368 g/mol. The predicted molar refractivity (Wildman–Crippen MR) is 54.6 cm³/mol. The van der Waals surface area contributed by atoms with Crippen molar-refractivity contribution < 1.29 is 8.78 Å². The SMILES string of the molecule is FC(F)c1nc(I)cc(Br)c1Cl. The van der Waals surface area contributed by atoms with Gasteiger partial charge in [-0.1, -0.05) is 11.6 Å². The van der Waals surface area contributed by atoms with Crippen LogP contribution in [-0.4, -0.2) is 4.98 Å². The Balaban J connectivity index is 3.28. The van der Waals surface area contributed by atoms with E-state index in [9.17, 15) is 8.78 Å². The van der Waals surface area contributed by atoms with Crippen LogP contribution in [0.4, 0.5) is 8.78 Å². The minimum Gasteiger partial charge on any atom is -0.239 e. The lowest BCUT2D eigenvalue weighted by Crippen LogP contribution is -1.94. The first kappa shape index (κ1) is 10.6. The largest absolute Gasteiger partial charge is 0.281 e. The normalized spacial score (nSPS) is 10.8. The molecule has 0 N–H and O–H groups in total. The molecular formula is C6H2BrClF2IN. The van der Waals surface area contributed by atoms with Crippen molar-refractivity contribution in [2.75, 3.05) is 0 Å². The second-order valence-corrected chi connectivity index (χ2v) is 4.26. The molecular weight excluding hydrogens is 366 g/mol. The molecule has 12 heavy (non-hydrogen) atoms. The fourth-order valence-electron chi connectivity index (χ4n) is 0.631. The van der Waals surface area contributed by atoms with Crippen LogP contribution in [0.3, 0.4) is 0 Å². The average Bonchev–Trinajstić information content (AvgIpc) is 1.96. The van der Waals surface area contributed by atoms with Crippen molar-refractivity contribution in [1.82, 2.24) is 4.98 Å². The maximum absolute atomic E-state index is 12.2. The Morgan fingerprint density at radius 3 is 2.67 bits per heavy atom. The minimum absolute atomic E-state index is 0.0228. The fraction of sp³-hybridized carbons (Fsp3) is 0.167. The first-order valence-corrected chi connectivity index (χ1v) is 5.07. The van der Waals surface area contributed by atoms with Crippen molar-refractivity contribution in [1.29, 1.82) is 0 Å². The Bertz CT molecular complexity index is 308. The Morgan fingerprint density at radius 2 is 2.17 bits per heavy atom. The molecule has 0 atom stereocenters. The van der Waals surface area contributed by atoms with E-state index < -0.39 is 6.43 Å². The summed E-state index contributed by atoms with van der Waals surface area (Å²) in [6.07, 6.45) is -2.64. The second kappa shape index (κ2) is 4.15. The molecule has 0 aliphatic rings. The van der Waals surface area contributed by atoms with Crippen molar-refractivity contribution in [2.45, 2.75) is 6.43 Å². The number of aromatic nitrogens is 1. The molecule has 66 valence electrons. The summed E-state index contributed by atoms with van der Waals surface area (Å²) in [5.41, 5.74) is -0.379. The molecule has 0 saturated heterocycles. The van der Waals surface area contributed by atoms with Gasteiger partial charge in [0.2, 0.25) is 0 Å². The summed E-state index contributed by atoms with van der Waals surface area (Å²) < 4.78 is 25.4. The van der Waals surface area contributed by atoms with Gasteiger partial charge in [0, 0.05) is 4.47 Å². The van der Waals surface area contributed by atoms with E-state index in [1.54, 1.807) is 6.07 Å². The molecule has 0 unspecified atom stereocenters. The van der Waals surface area contributed by atoms with Gasteiger partial charge < -0.3 is 0 Å². The van der Waals surface area contributed by atoms with Gasteiger partial charge in [-0.2, -0.15) is 0 Å². The first-order chi connectivity index (χ1) is 5.52. The molecule has 0 spiro atoms. The summed E-state index contributed by atoms with van der Waals surface area (Å²) in [6.45, 7) is 0. The molecule has 1 aromatic heterocycles. The summed E-state index contributed by atoms with van der Waals surface area (Å²) in [4.78, 5) is 3.61. The Kier molecular flexibility index (Phi) is 3.66. The molecule has 0 saturated carbocycles. The number of halogens is 5. The fourth-order valence-corrected chi connectivity index (χ4v) is 2.23. The lowest BCUT2D eigenvalue weighted by atomic mass is 10.4. The zero-order chi connectivity index (χ0) is 9.30.